The standard InChI is InChI=1S/C33H42FN3O5S/c1-35(43(40,41)31-15-9-4-10-16-31)26-33(27-38,29-13-7-3-8-14-29)19-23-36-21-17-30(18-22-36)37(24-20-34)32(39)42-25-28-11-5-2-6-12-28/h2-16,30,38H,17-27H2,1H3. The number of sulfonamides is 1. The van der Waals surface area contributed by atoms with Crippen LogP contribution in [0.3, 0.4) is 0 Å². The Morgan fingerprint density at radius 3 is 2.14 bits per heavy atom. The molecule has 10 heteroatoms. The summed E-state index contributed by atoms with van der Waals surface area (Å²) in [7, 11) is -2.20. The molecule has 1 aliphatic heterocycles. The first-order valence-electron chi connectivity index (χ1n) is 14.7. The van der Waals surface area contributed by atoms with Crippen molar-refractivity contribution < 1.29 is 27.4 Å². The van der Waals surface area contributed by atoms with E-state index in [0.717, 1.165) is 11.1 Å². The molecule has 1 unspecified atom stereocenters. The molecule has 0 bridgehead atoms. The normalized spacial score (nSPS) is 16.1. The first kappa shape index (κ1) is 32.6. The Balaban J connectivity index is 1.40. The largest absolute Gasteiger partial charge is 0.445 e. The lowest BCUT2D eigenvalue weighted by Crippen LogP contribution is -2.50. The van der Waals surface area contributed by atoms with E-state index < -0.39 is 28.2 Å². The van der Waals surface area contributed by atoms with Crippen LogP contribution in [0, 0.1) is 0 Å². The van der Waals surface area contributed by atoms with Crippen molar-refractivity contribution in [3.05, 3.63) is 102 Å². The smallest absolute Gasteiger partial charge is 0.410 e. The van der Waals surface area contributed by atoms with Crippen LogP contribution < -0.4 is 0 Å². The van der Waals surface area contributed by atoms with Crippen LogP contribution in [0.1, 0.15) is 30.4 Å². The molecule has 0 aliphatic carbocycles. The van der Waals surface area contributed by atoms with Crippen LogP contribution in [0.2, 0.25) is 0 Å². The summed E-state index contributed by atoms with van der Waals surface area (Å²) in [5.41, 5.74) is 0.924. The van der Waals surface area contributed by atoms with Gasteiger partial charge in [0.25, 0.3) is 0 Å². The fourth-order valence-electron chi connectivity index (χ4n) is 5.75. The number of likely N-dealkylation sites (tertiary alicyclic amines) is 1. The van der Waals surface area contributed by atoms with Crippen molar-refractivity contribution >= 4 is 16.1 Å². The van der Waals surface area contributed by atoms with Crippen molar-refractivity contribution in [3.8, 4) is 0 Å². The van der Waals surface area contributed by atoms with E-state index in [1.54, 1.807) is 37.4 Å². The fraction of sp³-hybridized carbons (Fsp3) is 0.424. The molecule has 1 N–H and O–H groups in total. The molecule has 1 aliphatic rings. The minimum atomic E-state index is -3.76. The van der Waals surface area contributed by atoms with Crippen LogP contribution in [0.25, 0.3) is 0 Å². The second-order valence-corrected chi connectivity index (χ2v) is 13.2. The van der Waals surface area contributed by atoms with Crippen LogP contribution >= 0.6 is 0 Å². The average Bonchev–Trinajstić information content (AvgIpc) is 3.06. The van der Waals surface area contributed by atoms with Gasteiger partial charge in [0.05, 0.1) is 18.0 Å². The number of piperidine rings is 1. The second-order valence-electron chi connectivity index (χ2n) is 11.1. The zero-order valence-electron chi connectivity index (χ0n) is 24.7. The highest BCUT2D eigenvalue weighted by Gasteiger charge is 2.37. The lowest BCUT2D eigenvalue weighted by atomic mass is 9.77. The van der Waals surface area contributed by atoms with E-state index in [9.17, 15) is 22.7 Å². The molecule has 1 heterocycles. The number of aliphatic hydroxyl groups is 1. The quantitative estimate of drug-likeness (QED) is 0.284. The number of nitrogens with zero attached hydrogens (tertiary/aromatic N) is 3. The molecule has 232 valence electrons. The summed E-state index contributed by atoms with van der Waals surface area (Å²) in [4.78, 5) is 16.8. The van der Waals surface area contributed by atoms with Gasteiger partial charge in [0.15, 0.2) is 0 Å². The van der Waals surface area contributed by atoms with Gasteiger partial charge in [0.2, 0.25) is 10.0 Å². The first-order chi connectivity index (χ1) is 20.8. The highest BCUT2D eigenvalue weighted by atomic mass is 32.2. The van der Waals surface area contributed by atoms with Crippen LogP contribution in [0.15, 0.2) is 95.9 Å². The number of halogens is 1. The van der Waals surface area contributed by atoms with E-state index in [1.165, 1.54) is 9.21 Å². The number of likely N-dealkylation sites (N-methyl/N-ethyl adjacent to an activating group) is 1. The van der Waals surface area contributed by atoms with E-state index in [0.29, 0.717) is 38.9 Å². The number of benzene rings is 3. The van der Waals surface area contributed by atoms with E-state index >= 15 is 0 Å². The summed E-state index contributed by atoms with van der Waals surface area (Å²) in [5.74, 6) is 0. The van der Waals surface area contributed by atoms with Gasteiger partial charge in [0.1, 0.15) is 13.3 Å². The summed E-state index contributed by atoms with van der Waals surface area (Å²) < 4.78 is 47.0. The Morgan fingerprint density at radius 2 is 1.56 bits per heavy atom. The number of carbonyl (C=O) groups is 1. The predicted octanol–water partition coefficient (Wildman–Crippen LogP) is 4.70. The molecular weight excluding hydrogens is 569 g/mol. The monoisotopic (exact) mass is 611 g/mol. The molecule has 0 saturated carbocycles. The number of hydrogen-bond donors (Lipinski definition) is 1. The molecule has 0 aromatic heterocycles. The summed E-state index contributed by atoms with van der Waals surface area (Å²) in [6.07, 6.45) is 1.35. The van der Waals surface area contributed by atoms with Gasteiger partial charge in [-0.2, -0.15) is 4.31 Å². The topological polar surface area (TPSA) is 90.4 Å². The number of amides is 1. The van der Waals surface area contributed by atoms with Crippen molar-refractivity contribution in [2.24, 2.45) is 0 Å². The van der Waals surface area contributed by atoms with Gasteiger partial charge in [-0.3, -0.25) is 0 Å². The molecule has 1 saturated heterocycles. The maximum atomic E-state index is 13.4. The lowest BCUT2D eigenvalue weighted by Gasteiger charge is -2.40. The number of aliphatic hydroxyl groups excluding tert-OH is 1. The van der Waals surface area contributed by atoms with Crippen molar-refractivity contribution in [3.63, 3.8) is 0 Å². The van der Waals surface area contributed by atoms with E-state index in [1.807, 2.05) is 60.7 Å². The van der Waals surface area contributed by atoms with Gasteiger partial charge in [-0.25, -0.2) is 17.6 Å². The van der Waals surface area contributed by atoms with Gasteiger partial charge in [-0.15, -0.1) is 0 Å². The van der Waals surface area contributed by atoms with Crippen molar-refractivity contribution in [1.82, 2.24) is 14.1 Å². The summed E-state index contributed by atoms with van der Waals surface area (Å²) >= 11 is 0. The second kappa shape index (κ2) is 15.4. The van der Waals surface area contributed by atoms with Crippen LogP contribution in [-0.2, 0) is 26.8 Å². The molecule has 1 atom stereocenters. The molecule has 1 fully saturated rings. The molecule has 3 aromatic carbocycles. The average molecular weight is 612 g/mol. The minimum Gasteiger partial charge on any atom is -0.445 e. The van der Waals surface area contributed by atoms with E-state index in [4.69, 9.17) is 4.74 Å². The molecular formula is C33H42FN3O5S. The Hall–Kier alpha value is -3.31. The predicted molar refractivity (Wildman–Crippen MR) is 165 cm³/mol. The highest BCUT2D eigenvalue weighted by Crippen LogP contribution is 2.32. The summed E-state index contributed by atoms with van der Waals surface area (Å²) in [5, 5.41) is 10.8. The van der Waals surface area contributed by atoms with Crippen LogP contribution in [0.4, 0.5) is 9.18 Å². The Bertz CT molecular complexity index is 1370. The van der Waals surface area contributed by atoms with Crippen LogP contribution in [-0.4, -0.2) is 92.8 Å². The molecule has 8 nitrogen and oxygen atoms in total. The zero-order chi connectivity index (χ0) is 30.7. The molecule has 0 spiro atoms. The lowest BCUT2D eigenvalue weighted by molar-refractivity contribution is 0.0551. The third kappa shape index (κ3) is 8.41. The van der Waals surface area contributed by atoms with Crippen molar-refractivity contribution in [2.45, 2.75) is 42.2 Å². The third-order valence-corrected chi connectivity index (χ3v) is 10.2. The van der Waals surface area contributed by atoms with Gasteiger partial charge in [-0.1, -0.05) is 78.9 Å². The van der Waals surface area contributed by atoms with Crippen molar-refractivity contribution in [2.75, 3.05) is 53.1 Å². The van der Waals surface area contributed by atoms with E-state index in [-0.39, 0.29) is 37.2 Å². The Morgan fingerprint density at radius 1 is 0.977 bits per heavy atom. The molecule has 1 amide bonds. The molecule has 3 aromatic rings. The third-order valence-electron chi connectivity index (χ3n) is 8.34. The summed E-state index contributed by atoms with van der Waals surface area (Å²) in [6.45, 7) is 1.37. The maximum Gasteiger partial charge on any atom is 0.410 e. The summed E-state index contributed by atoms with van der Waals surface area (Å²) in [6, 6.07) is 27.1. The molecule has 4 rings (SSSR count). The fourth-order valence-corrected chi connectivity index (χ4v) is 7.03. The number of rotatable bonds is 14. The first-order valence-corrected chi connectivity index (χ1v) is 16.2. The van der Waals surface area contributed by atoms with E-state index in [2.05, 4.69) is 4.90 Å². The number of ether oxygens (including phenoxy) is 1. The number of carbonyl (C=O) groups excluding carboxylic acids is 1. The van der Waals surface area contributed by atoms with Gasteiger partial charge < -0.3 is 19.6 Å². The maximum absolute atomic E-state index is 13.4. The number of hydrogen-bond acceptors (Lipinski definition) is 6. The van der Waals surface area contributed by atoms with Crippen LogP contribution in [0.5, 0.6) is 0 Å². The molecule has 0 radical (unpaired) electrons. The Kier molecular flexibility index (Phi) is 11.7. The number of alkyl halides is 1. The highest BCUT2D eigenvalue weighted by molar-refractivity contribution is 7.89. The van der Waals surface area contributed by atoms with Crippen molar-refractivity contribution in [1.29, 1.82) is 0 Å². The zero-order valence-corrected chi connectivity index (χ0v) is 25.5. The Labute approximate surface area is 254 Å². The molecule has 43 heavy (non-hydrogen) atoms. The minimum absolute atomic E-state index is 0.0118. The van der Waals surface area contributed by atoms with Gasteiger partial charge in [0, 0.05) is 38.1 Å². The van der Waals surface area contributed by atoms with Gasteiger partial charge >= 0.3 is 6.09 Å². The SMILES string of the molecule is CN(CC(CO)(CCN1CCC(N(CCF)C(=O)OCc2ccccc2)CC1)c1ccccc1)S(=O)(=O)c1ccccc1. The van der Waals surface area contributed by atoms with Gasteiger partial charge in [-0.05, 0) is 49.1 Å².